The molecule has 0 aromatic rings. The lowest BCUT2D eigenvalue weighted by Gasteiger charge is -2.05. The zero-order chi connectivity index (χ0) is 10.3. The highest BCUT2D eigenvalue weighted by molar-refractivity contribution is 7.51. The summed E-state index contributed by atoms with van der Waals surface area (Å²) in [5, 5.41) is 2.26. The summed E-state index contributed by atoms with van der Waals surface area (Å²) in [5.74, 6) is -0.576. The van der Waals surface area contributed by atoms with E-state index in [2.05, 4.69) is 16.6 Å². The summed E-state index contributed by atoms with van der Waals surface area (Å²) >= 11 is 0. The zero-order valence-electron chi connectivity index (χ0n) is 6.97. The van der Waals surface area contributed by atoms with E-state index in [1.807, 2.05) is 0 Å². The van der Waals surface area contributed by atoms with E-state index >= 15 is 0 Å². The molecule has 0 unspecified atom stereocenters. The maximum Gasteiger partial charge on any atom is 0.339 e. The Hall–Kier alpha value is -0.680. The molecule has 0 aromatic heterocycles. The van der Waals surface area contributed by atoms with Crippen molar-refractivity contribution in [1.82, 2.24) is 5.32 Å². The van der Waals surface area contributed by atoms with E-state index in [1.165, 1.54) is 6.08 Å². The van der Waals surface area contributed by atoms with Gasteiger partial charge in [0.25, 0.3) is 0 Å². The van der Waals surface area contributed by atoms with Crippen LogP contribution in [0.25, 0.3) is 0 Å². The first-order chi connectivity index (χ1) is 5.95. The van der Waals surface area contributed by atoms with Gasteiger partial charge < -0.3 is 14.5 Å². The Morgan fingerprint density at radius 2 is 2.23 bits per heavy atom. The third-order valence-corrected chi connectivity index (χ3v) is 1.58. The molecule has 76 valence electrons. The second-order valence-corrected chi connectivity index (χ2v) is 3.87. The number of carbonyl (C=O) groups is 1. The van der Waals surface area contributed by atoms with E-state index in [0.29, 0.717) is 0 Å². The summed E-state index contributed by atoms with van der Waals surface area (Å²) < 4.78 is 14.8. The second-order valence-electron chi connectivity index (χ2n) is 2.22. The van der Waals surface area contributed by atoms with Gasteiger partial charge in [-0.15, -0.1) is 0 Å². The van der Waals surface area contributed by atoms with E-state index < -0.39 is 19.9 Å². The van der Waals surface area contributed by atoms with Crippen molar-refractivity contribution in [2.75, 3.05) is 19.4 Å². The van der Waals surface area contributed by atoms with Crippen molar-refractivity contribution in [2.24, 2.45) is 0 Å². The van der Waals surface area contributed by atoms with Crippen LogP contribution in [0.5, 0.6) is 0 Å². The molecular weight excluding hydrogens is 197 g/mol. The first kappa shape index (κ1) is 12.3. The number of carbonyl (C=O) groups excluding carboxylic acids is 1. The average molecular weight is 209 g/mol. The molecule has 0 radical (unpaired) electrons. The molecule has 0 amide bonds. The van der Waals surface area contributed by atoms with Crippen LogP contribution in [-0.4, -0.2) is 35.2 Å². The van der Waals surface area contributed by atoms with Crippen molar-refractivity contribution < 1.29 is 23.9 Å². The SMILES string of the molecule is C=CCOC(=O)CNCP(=O)(O)O. The van der Waals surface area contributed by atoms with Crippen LogP contribution in [0.1, 0.15) is 0 Å². The lowest BCUT2D eigenvalue weighted by molar-refractivity contribution is -0.141. The highest BCUT2D eigenvalue weighted by atomic mass is 31.2. The molecule has 0 heterocycles. The monoisotopic (exact) mass is 209 g/mol. The second kappa shape index (κ2) is 5.88. The van der Waals surface area contributed by atoms with Gasteiger partial charge in [0.2, 0.25) is 0 Å². The quantitative estimate of drug-likeness (QED) is 0.308. The minimum absolute atomic E-state index is 0.0937. The molecule has 0 saturated heterocycles. The van der Waals surface area contributed by atoms with Crippen molar-refractivity contribution in [3.8, 4) is 0 Å². The molecular formula is C6H12NO5P. The summed E-state index contributed by atoms with van der Waals surface area (Å²) in [7, 11) is -4.09. The van der Waals surface area contributed by atoms with Gasteiger partial charge in [-0.1, -0.05) is 12.7 Å². The van der Waals surface area contributed by atoms with Gasteiger partial charge in [-0.25, -0.2) is 0 Å². The molecule has 7 heteroatoms. The van der Waals surface area contributed by atoms with Gasteiger partial charge in [-0.2, -0.15) is 0 Å². The Balaban J connectivity index is 3.48. The Morgan fingerprint density at radius 3 is 2.69 bits per heavy atom. The van der Waals surface area contributed by atoms with Crippen LogP contribution < -0.4 is 5.32 Å². The lowest BCUT2D eigenvalue weighted by Crippen LogP contribution is -2.25. The van der Waals surface area contributed by atoms with Crippen LogP contribution in [0.3, 0.4) is 0 Å². The van der Waals surface area contributed by atoms with Crippen LogP contribution in [-0.2, 0) is 14.1 Å². The van der Waals surface area contributed by atoms with Gasteiger partial charge in [-0.05, 0) is 0 Å². The Kier molecular flexibility index (Phi) is 5.57. The van der Waals surface area contributed by atoms with Crippen molar-refractivity contribution >= 4 is 13.6 Å². The van der Waals surface area contributed by atoms with Crippen LogP contribution in [0.15, 0.2) is 12.7 Å². The molecule has 0 aromatic carbocycles. The number of hydrogen-bond donors (Lipinski definition) is 3. The van der Waals surface area contributed by atoms with Gasteiger partial charge in [0.1, 0.15) is 6.61 Å². The fraction of sp³-hybridized carbons (Fsp3) is 0.500. The van der Waals surface area contributed by atoms with Gasteiger partial charge in [0.15, 0.2) is 0 Å². The van der Waals surface area contributed by atoms with E-state index in [4.69, 9.17) is 9.79 Å². The van der Waals surface area contributed by atoms with Gasteiger partial charge in [0, 0.05) is 0 Å². The highest BCUT2D eigenvalue weighted by Crippen LogP contribution is 2.31. The first-order valence-electron chi connectivity index (χ1n) is 3.47. The van der Waals surface area contributed by atoms with Crippen LogP contribution in [0.2, 0.25) is 0 Å². The zero-order valence-corrected chi connectivity index (χ0v) is 7.87. The molecule has 0 atom stereocenters. The van der Waals surface area contributed by atoms with Gasteiger partial charge in [-0.3, -0.25) is 14.7 Å². The molecule has 13 heavy (non-hydrogen) atoms. The number of hydrogen-bond acceptors (Lipinski definition) is 4. The van der Waals surface area contributed by atoms with Crippen LogP contribution >= 0.6 is 7.60 Å². The number of nitrogens with one attached hydrogen (secondary N) is 1. The summed E-state index contributed by atoms with van der Waals surface area (Å²) in [6, 6.07) is 0. The molecule has 0 fully saturated rings. The fourth-order valence-electron chi connectivity index (χ4n) is 0.507. The number of rotatable bonds is 6. The molecule has 0 saturated carbocycles. The molecule has 0 aliphatic carbocycles. The Bertz CT molecular complexity index is 223. The third-order valence-electron chi connectivity index (χ3n) is 0.949. The molecule has 3 N–H and O–H groups in total. The van der Waals surface area contributed by atoms with Crippen molar-refractivity contribution in [3.05, 3.63) is 12.7 Å². The smallest absolute Gasteiger partial charge is 0.339 e. The summed E-state index contributed by atoms with van der Waals surface area (Å²) in [5.41, 5.74) is 0. The van der Waals surface area contributed by atoms with E-state index in [1.54, 1.807) is 0 Å². The molecule has 0 bridgehead atoms. The average Bonchev–Trinajstić information content (AvgIpc) is 1.98. The molecule has 6 nitrogen and oxygen atoms in total. The van der Waals surface area contributed by atoms with Crippen molar-refractivity contribution in [1.29, 1.82) is 0 Å². The standard InChI is InChI=1S/C6H12NO5P/c1-2-3-12-6(8)4-7-5-13(9,10)11/h2,7H,1,3-5H2,(H2,9,10,11). The maximum absolute atomic E-state index is 10.7. The number of ether oxygens (including phenoxy) is 1. The van der Waals surface area contributed by atoms with E-state index in [9.17, 15) is 9.36 Å². The largest absolute Gasteiger partial charge is 0.461 e. The van der Waals surface area contributed by atoms with Crippen molar-refractivity contribution in [3.63, 3.8) is 0 Å². The normalized spacial score (nSPS) is 10.9. The minimum atomic E-state index is -4.09. The fourth-order valence-corrected chi connectivity index (χ4v) is 0.910. The predicted molar refractivity (Wildman–Crippen MR) is 46.1 cm³/mol. The lowest BCUT2D eigenvalue weighted by atomic mass is 10.6. The molecule has 0 aliphatic heterocycles. The van der Waals surface area contributed by atoms with Crippen LogP contribution in [0, 0.1) is 0 Å². The topological polar surface area (TPSA) is 95.9 Å². The Labute approximate surface area is 75.8 Å². The van der Waals surface area contributed by atoms with Gasteiger partial charge >= 0.3 is 13.6 Å². The maximum atomic E-state index is 10.7. The Morgan fingerprint density at radius 1 is 1.62 bits per heavy atom. The first-order valence-corrected chi connectivity index (χ1v) is 5.27. The summed E-state index contributed by atoms with van der Waals surface area (Å²) in [6.07, 6.45) is 0.872. The summed E-state index contributed by atoms with van der Waals surface area (Å²) in [4.78, 5) is 27.5. The number of esters is 1. The van der Waals surface area contributed by atoms with Crippen LogP contribution in [0.4, 0.5) is 0 Å². The third kappa shape index (κ3) is 9.23. The minimum Gasteiger partial charge on any atom is -0.461 e. The highest BCUT2D eigenvalue weighted by Gasteiger charge is 2.12. The molecule has 0 spiro atoms. The van der Waals surface area contributed by atoms with Gasteiger partial charge in [0.05, 0.1) is 12.8 Å². The van der Waals surface area contributed by atoms with E-state index in [0.717, 1.165) is 0 Å². The molecule has 0 rings (SSSR count). The van der Waals surface area contributed by atoms with Crippen molar-refractivity contribution in [2.45, 2.75) is 0 Å². The summed E-state index contributed by atoms with van der Waals surface area (Å²) in [6.45, 7) is 3.20. The van der Waals surface area contributed by atoms with E-state index in [-0.39, 0.29) is 13.2 Å². The predicted octanol–water partition coefficient (Wildman–Crippen LogP) is -0.560. The molecule has 0 aliphatic rings.